The van der Waals surface area contributed by atoms with E-state index in [2.05, 4.69) is 32.9 Å². The molecule has 28 heavy (non-hydrogen) atoms. The van der Waals surface area contributed by atoms with Crippen LogP contribution in [0.1, 0.15) is 33.6 Å². The maximum Gasteiger partial charge on any atom is 0.253 e. The second-order valence-electron chi connectivity index (χ2n) is 6.46. The molecule has 8 heteroatoms. The predicted octanol–water partition coefficient (Wildman–Crippen LogP) is 2.74. The third-order valence-corrected chi connectivity index (χ3v) is 5.66. The van der Waals surface area contributed by atoms with Gasteiger partial charge >= 0.3 is 0 Å². The molecule has 0 spiro atoms. The first-order chi connectivity index (χ1) is 13.5. The second-order valence-corrected chi connectivity index (χ2v) is 7.63. The lowest BCUT2D eigenvalue weighted by molar-refractivity contribution is 0.0698. The Hall–Kier alpha value is -2.36. The molecule has 1 aromatic carbocycles. The fraction of sp³-hybridized carbons (Fsp3) is 0.350. The predicted molar refractivity (Wildman–Crippen MR) is 113 cm³/mol. The summed E-state index contributed by atoms with van der Waals surface area (Å²) in [6.45, 7) is 1.21. The van der Waals surface area contributed by atoms with Crippen molar-refractivity contribution in [2.24, 2.45) is 0 Å². The summed E-state index contributed by atoms with van der Waals surface area (Å²) in [6.07, 6.45) is 4.66. The molecule has 148 valence electrons. The van der Waals surface area contributed by atoms with E-state index in [1.165, 1.54) is 0 Å². The zero-order valence-electron chi connectivity index (χ0n) is 15.8. The highest BCUT2D eigenvalue weighted by Crippen LogP contribution is 2.31. The first-order valence-corrected chi connectivity index (χ1v) is 10.0. The van der Waals surface area contributed by atoms with E-state index in [9.17, 15) is 9.59 Å². The number of methoxy groups -OCH3 is 2. The lowest BCUT2D eigenvalue weighted by Crippen LogP contribution is -2.46. The zero-order valence-corrected chi connectivity index (χ0v) is 17.9. The summed E-state index contributed by atoms with van der Waals surface area (Å²) in [4.78, 5) is 31.0. The van der Waals surface area contributed by atoms with Crippen molar-refractivity contribution in [2.75, 3.05) is 27.3 Å². The summed E-state index contributed by atoms with van der Waals surface area (Å²) in [5.74, 6) is 0.961. The zero-order chi connectivity index (χ0) is 20.1. The van der Waals surface area contributed by atoms with Crippen molar-refractivity contribution < 1.29 is 19.1 Å². The number of piperidine rings is 1. The van der Waals surface area contributed by atoms with E-state index in [4.69, 9.17) is 9.47 Å². The van der Waals surface area contributed by atoms with E-state index < -0.39 is 0 Å². The molecule has 0 radical (unpaired) electrons. The van der Waals surface area contributed by atoms with Crippen LogP contribution in [0.3, 0.4) is 0 Å². The van der Waals surface area contributed by atoms with Crippen molar-refractivity contribution in [1.82, 2.24) is 15.2 Å². The summed E-state index contributed by atoms with van der Waals surface area (Å²) in [6, 6.07) is 6.94. The SMILES string of the molecule is COc1cc(I)c(C(=O)NC2CCN(C(=O)c3ccncc3)CC2)cc1OC. The van der Waals surface area contributed by atoms with Crippen LogP contribution in [0.4, 0.5) is 0 Å². The number of halogens is 1. The Labute approximate surface area is 177 Å². The summed E-state index contributed by atoms with van der Waals surface area (Å²) < 4.78 is 11.4. The van der Waals surface area contributed by atoms with Gasteiger partial charge in [-0.2, -0.15) is 0 Å². The Morgan fingerprint density at radius 1 is 1.11 bits per heavy atom. The maximum atomic E-state index is 12.7. The first-order valence-electron chi connectivity index (χ1n) is 8.95. The molecule has 1 aromatic heterocycles. The van der Waals surface area contributed by atoms with Gasteiger partial charge in [-0.1, -0.05) is 0 Å². The van der Waals surface area contributed by atoms with Gasteiger partial charge in [0.2, 0.25) is 0 Å². The van der Waals surface area contributed by atoms with E-state index in [0.29, 0.717) is 48.6 Å². The minimum absolute atomic E-state index is 0.00150. The van der Waals surface area contributed by atoms with Crippen molar-refractivity contribution in [2.45, 2.75) is 18.9 Å². The molecule has 1 fully saturated rings. The van der Waals surface area contributed by atoms with Gasteiger partial charge < -0.3 is 19.7 Å². The molecule has 0 aliphatic carbocycles. The molecule has 0 bridgehead atoms. The van der Waals surface area contributed by atoms with Crippen LogP contribution in [0.5, 0.6) is 11.5 Å². The normalized spacial score (nSPS) is 14.5. The van der Waals surface area contributed by atoms with E-state index in [-0.39, 0.29) is 17.9 Å². The number of hydrogen-bond donors (Lipinski definition) is 1. The van der Waals surface area contributed by atoms with E-state index in [1.807, 2.05) is 4.90 Å². The third kappa shape index (κ3) is 4.54. The van der Waals surface area contributed by atoms with Crippen LogP contribution in [0.15, 0.2) is 36.7 Å². The molecule has 1 N–H and O–H groups in total. The molecule has 1 aliphatic heterocycles. The van der Waals surface area contributed by atoms with Crippen LogP contribution in [0.2, 0.25) is 0 Å². The number of pyridine rings is 1. The molecule has 0 atom stereocenters. The quantitative estimate of drug-likeness (QED) is 0.646. The van der Waals surface area contributed by atoms with Gasteiger partial charge in [-0.3, -0.25) is 14.6 Å². The summed E-state index contributed by atoms with van der Waals surface area (Å²) in [5.41, 5.74) is 1.19. The average molecular weight is 495 g/mol. The van der Waals surface area contributed by atoms with Crippen LogP contribution < -0.4 is 14.8 Å². The van der Waals surface area contributed by atoms with Gasteiger partial charge in [0.1, 0.15) is 0 Å². The Balaban J connectivity index is 1.60. The van der Waals surface area contributed by atoms with Crippen LogP contribution in [-0.2, 0) is 0 Å². The van der Waals surface area contributed by atoms with Gasteiger partial charge in [0, 0.05) is 40.7 Å². The highest BCUT2D eigenvalue weighted by Gasteiger charge is 2.25. The Morgan fingerprint density at radius 3 is 2.32 bits per heavy atom. The fourth-order valence-corrected chi connectivity index (χ4v) is 3.88. The van der Waals surface area contributed by atoms with Crippen molar-refractivity contribution in [1.29, 1.82) is 0 Å². The number of carbonyl (C=O) groups is 2. The van der Waals surface area contributed by atoms with Crippen molar-refractivity contribution in [3.05, 3.63) is 51.4 Å². The lowest BCUT2D eigenvalue weighted by atomic mass is 10.0. The monoisotopic (exact) mass is 495 g/mol. The van der Waals surface area contributed by atoms with Gasteiger partial charge in [-0.05, 0) is 59.7 Å². The van der Waals surface area contributed by atoms with Gasteiger partial charge in [-0.15, -0.1) is 0 Å². The molecule has 1 saturated heterocycles. The standard InChI is InChI=1S/C20H22IN3O4/c1-27-17-11-15(16(21)12-18(17)28-2)19(25)23-14-5-9-24(10-6-14)20(26)13-3-7-22-8-4-13/h3-4,7-8,11-12,14H,5-6,9-10H2,1-2H3,(H,23,25). The van der Waals surface area contributed by atoms with E-state index in [1.54, 1.807) is 50.9 Å². The number of aromatic nitrogens is 1. The molecule has 7 nitrogen and oxygen atoms in total. The van der Waals surface area contributed by atoms with Gasteiger partial charge in [-0.25, -0.2) is 0 Å². The van der Waals surface area contributed by atoms with Crippen LogP contribution in [0.25, 0.3) is 0 Å². The van der Waals surface area contributed by atoms with Crippen molar-refractivity contribution in [3.8, 4) is 11.5 Å². The Bertz CT molecular complexity index is 852. The highest BCUT2D eigenvalue weighted by molar-refractivity contribution is 14.1. The van der Waals surface area contributed by atoms with Crippen molar-refractivity contribution >= 4 is 34.4 Å². The second kappa shape index (κ2) is 9.22. The number of likely N-dealkylation sites (tertiary alicyclic amines) is 1. The number of rotatable bonds is 5. The summed E-state index contributed by atoms with van der Waals surface area (Å²) in [7, 11) is 3.11. The minimum atomic E-state index is -0.149. The smallest absolute Gasteiger partial charge is 0.253 e. The number of nitrogens with zero attached hydrogens (tertiary/aromatic N) is 2. The van der Waals surface area contributed by atoms with E-state index >= 15 is 0 Å². The molecular weight excluding hydrogens is 473 g/mol. The van der Waals surface area contributed by atoms with E-state index in [0.717, 1.165) is 3.57 Å². The van der Waals surface area contributed by atoms with Gasteiger partial charge in [0.05, 0.1) is 19.8 Å². The molecule has 2 heterocycles. The molecule has 2 amide bonds. The van der Waals surface area contributed by atoms with Crippen LogP contribution in [-0.4, -0.2) is 55.0 Å². The summed E-state index contributed by atoms with van der Waals surface area (Å²) >= 11 is 2.12. The molecule has 0 saturated carbocycles. The third-order valence-electron chi connectivity index (χ3n) is 4.76. The number of amides is 2. The number of nitrogens with one attached hydrogen (secondary N) is 1. The number of hydrogen-bond acceptors (Lipinski definition) is 5. The average Bonchev–Trinajstić information content (AvgIpc) is 2.74. The number of ether oxygens (including phenoxy) is 2. The molecule has 2 aromatic rings. The van der Waals surface area contributed by atoms with Crippen LogP contribution >= 0.6 is 22.6 Å². The molecule has 1 aliphatic rings. The first kappa shape index (κ1) is 20.4. The highest BCUT2D eigenvalue weighted by atomic mass is 127. The van der Waals surface area contributed by atoms with Gasteiger partial charge in [0.25, 0.3) is 11.8 Å². The summed E-state index contributed by atoms with van der Waals surface area (Å²) in [5, 5.41) is 3.08. The largest absolute Gasteiger partial charge is 0.493 e. The van der Waals surface area contributed by atoms with Gasteiger partial charge in [0.15, 0.2) is 11.5 Å². The van der Waals surface area contributed by atoms with Crippen molar-refractivity contribution in [3.63, 3.8) is 0 Å². The van der Waals surface area contributed by atoms with Crippen LogP contribution in [0, 0.1) is 3.57 Å². The Kier molecular flexibility index (Phi) is 6.71. The molecular formula is C20H22IN3O4. The topological polar surface area (TPSA) is 80.8 Å². The number of benzene rings is 1. The molecule has 0 unspecified atom stereocenters. The fourth-order valence-electron chi connectivity index (χ4n) is 3.20. The lowest BCUT2D eigenvalue weighted by Gasteiger charge is -2.32. The number of carbonyl (C=O) groups excluding carboxylic acids is 2. The minimum Gasteiger partial charge on any atom is -0.493 e. The maximum absolute atomic E-state index is 12.7. The molecule has 3 rings (SSSR count). The Morgan fingerprint density at radius 2 is 1.71 bits per heavy atom.